The number of carboxylic acids is 1. The SMILES string of the molecule is Cl.O=C(O)C1CCn2c(cnc2-c2ccc(C(F)(F)F)cc2)C1. The first-order valence-corrected chi connectivity index (χ1v) is 6.81. The summed E-state index contributed by atoms with van der Waals surface area (Å²) in [6.07, 6.45) is -1.88. The molecule has 1 aromatic carbocycles. The molecule has 1 aliphatic rings. The Morgan fingerprint density at radius 1 is 1.26 bits per heavy atom. The van der Waals surface area contributed by atoms with Gasteiger partial charge in [0.1, 0.15) is 5.82 Å². The Bertz CT molecular complexity index is 711. The highest BCUT2D eigenvalue weighted by molar-refractivity contribution is 5.85. The summed E-state index contributed by atoms with van der Waals surface area (Å²) in [5.74, 6) is -0.680. The summed E-state index contributed by atoms with van der Waals surface area (Å²) in [6.45, 7) is 0.503. The minimum Gasteiger partial charge on any atom is -0.481 e. The third-order valence-electron chi connectivity index (χ3n) is 3.91. The molecule has 1 atom stereocenters. The standard InChI is InChI=1S/C15H13F3N2O2.ClH/c16-15(17,18)11-3-1-9(2-4-11)13-19-8-12-7-10(14(21)22)5-6-20(12)13;/h1-4,8,10H,5-7H2,(H,21,22);1H. The van der Waals surface area contributed by atoms with Crippen LogP contribution in [0.15, 0.2) is 30.5 Å². The second-order valence-electron chi connectivity index (χ2n) is 5.33. The van der Waals surface area contributed by atoms with Crippen molar-refractivity contribution in [2.24, 2.45) is 5.92 Å². The lowest BCUT2D eigenvalue weighted by molar-refractivity contribution is -0.142. The highest BCUT2D eigenvalue weighted by Crippen LogP contribution is 2.32. The number of nitrogens with zero attached hydrogens (tertiary/aromatic N) is 2. The van der Waals surface area contributed by atoms with Crippen molar-refractivity contribution in [3.05, 3.63) is 41.7 Å². The zero-order chi connectivity index (χ0) is 15.9. The topological polar surface area (TPSA) is 55.1 Å². The molecule has 23 heavy (non-hydrogen) atoms. The van der Waals surface area contributed by atoms with Crippen molar-refractivity contribution in [2.75, 3.05) is 0 Å². The first-order chi connectivity index (χ1) is 10.4. The van der Waals surface area contributed by atoms with Crippen LogP contribution in [-0.4, -0.2) is 20.6 Å². The molecule has 3 rings (SSSR count). The molecule has 2 aromatic rings. The van der Waals surface area contributed by atoms with E-state index in [0.29, 0.717) is 30.8 Å². The normalized spacial score (nSPS) is 17.3. The molecule has 1 aromatic heterocycles. The minimum atomic E-state index is -4.36. The Morgan fingerprint density at radius 2 is 1.91 bits per heavy atom. The van der Waals surface area contributed by atoms with E-state index in [1.165, 1.54) is 12.1 Å². The van der Waals surface area contributed by atoms with E-state index in [1.54, 1.807) is 6.20 Å². The second-order valence-corrected chi connectivity index (χ2v) is 5.33. The van der Waals surface area contributed by atoms with Crippen LogP contribution in [0.4, 0.5) is 13.2 Å². The summed E-state index contributed by atoms with van der Waals surface area (Å²) < 4.78 is 39.6. The number of benzene rings is 1. The van der Waals surface area contributed by atoms with Gasteiger partial charge >= 0.3 is 12.1 Å². The number of alkyl halides is 3. The van der Waals surface area contributed by atoms with Crippen LogP contribution in [0.25, 0.3) is 11.4 Å². The Labute approximate surface area is 136 Å². The lowest BCUT2D eigenvalue weighted by atomic mass is 9.96. The van der Waals surface area contributed by atoms with Crippen LogP contribution in [0.3, 0.4) is 0 Å². The predicted molar refractivity (Wildman–Crippen MR) is 79.4 cm³/mol. The second kappa shape index (κ2) is 6.23. The molecule has 1 unspecified atom stereocenters. The number of hydrogen-bond acceptors (Lipinski definition) is 2. The fraction of sp³-hybridized carbons (Fsp3) is 0.333. The molecule has 8 heteroatoms. The molecule has 4 nitrogen and oxygen atoms in total. The number of carboxylic acid groups (broad SMARTS) is 1. The molecule has 0 amide bonds. The molecule has 0 fully saturated rings. The number of fused-ring (bicyclic) bond motifs is 1. The van der Waals surface area contributed by atoms with Gasteiger partial charge in [-0.1, -0.05) is 12.1 Å². The number of imidazole rings is 1. The van der Waals surface area contributed by atoms with Crippen LogP contribution in [-0.2, 0) is 23.9 Å². The van der Waals surface area contributed by atoms with Crippen molar-refractivity contribution in [3.63, 3.8) is 0 Å². The van der Waals surface area contributed by atoms with Crippen LogP contribution in [0, 0.1) is 5.92 Å². The highest BCUT2D eigenvalue weighted by atomic mass is 35.5. The molecule has 0 bridgehead atoms. The molecule has 0 spiro atoms. The van der Waals surface area contributed by atoms with Crippen molar-refractivity contribution in [3.8, 4) is 11.4 Å². The molecule has 0 aliphatic carbocycles. The number of halogens is 4. The van der Waals surface area contributed by atoms with Gasteiger partial charge in [0.15, 0.2) is 0 Å². The molecular formula is C15H14ClF3N2O2. The van der Waals surface area contributed by atoms with Crippen LogP contribution < -0.4 is 0 Å². The maximum absolute atomic E-state index is 12.6. The molecular weight excluding hydrogens is 333 g/mol. The van der Waals surface area contributed by atoms with Gasteiger partial charge in [-0.05, 0) is 18.6 Å². The Balaban J connectivity index is 0.00000192. The van der Waals surface area contributed by atoms with E-state index in [9.17, 15) is 18.0 Å². The van der Waals surface area contributed by atoms with Gasteiger partial charge in [-0.15, -0.1) is 12.4 Å². The van der Waals surface area contributed by atoms with Crippen molar-refractivity contribution in [2.45, 2.75) is 25.6 Å². The van der Waals surface area contributed by atoms with Gasteiger partial charge in [-0.2, -0.15) is 13.2 Å². The monoisotopic (exact) mass is 346 g/mol. The van der Waals surface area contributed by atoms with Gasteiger partial charge in [0.05, 0.1) is 11.5 Å². The highest BCUT2D eigenvalue weighted by Gasteiger charge is 2.30. The summed E-state index contributed by atoms with van der Waals surface area (Å²) >= 11 is 0. The fourth-order valence-corrected chi connectivity index (χ4v) is 2.71. The Kier molecular flexibility index (Phi) is 4.70. The average molecular weight is 347 g/mol. The van der Waals surface area contributed by atoms with Gasteiger partial charge in [0, 0.05) is 30.4 Å². The first-order valence-electron chi connectivity index (χ1n) is 6.81. The minimum absolute atomic E-state index is 0. The summed E-state index contributed by atoms with van der Waals surface area (Å²) in [4.78, 5) is 15.3. The van der Waals surface area contributed by atoms with Crippen molar-refractivity contribution >= 4 is 18.4 Å². The Morgan fingerprint density at radius 3 is 2.48 bits per heavy atom. The van der Waals surface area contributed by atoms with E-state index in [2.05, 4.69) is 4.98 Å². The van der Waals surface area contributed by atoms with Crippen molar-refractivity contribution in [1.82, 2.24) is 9.55 Å². The molecule has 0 radical (unpaired) electrons. The largest absolute Gasteiger partial charge is 0.481 e. The first kappa shape index (κ1) is 17.3. The maximum Gasteiger partial charge on any atom is 0.416 e. The zero-order valence-corrected chi connectivity index (χ0v) is 12.7. The zero-order valence-electron chi connectivity index (χ0n) is 11.9. The van der Waals surface area contributed by atoms with Gasteiger partial charge in [-0.25, -0.2) is 4.98 Å². The van der Waals surface area contributed by atoms with Gasteiger partial charge in [0.25, 0.3) is 0 Å². The number of aromatic nitrogens is 2. The van der Waals surface area contributed by atoms with E-state index < -0.39 is 23.6 Å². The Hall–Kier alpha value is -2.02. The fourth-order valence-electron chi connectivity index (χ4n) is 2.71. The molecule has 0 saturated carbocycles. The summed E-state index contributed by atoms with van der Waals surface area (Å²) in [5.41, 5.74) is 0.689. The predicted octanol–water partition coefficient (Wildman–Crippen LogP) is 3.64. The summed E-state index contributed by atoms with van der Waals surface area (Å²) in [5, 5.41) is 9.06. The van der Waals surface area contributed by atoms with E-state index in [1.807, 2.05) is 4.57 Å². The molecule has 124 valence electrons. The van der Waals surface area contributed by atoms with Crippen LogP contribution in [0.2, 0.25) is 0 Å². The van der Waals surface area contributed by atoms with Crippen LogP contribution in [0.5, 0.6) is 0 Å². The van der Waals surface area contributed by atoms with Gasteiger partial charge < -0.3 is 9.67 Å². The molecule has 2 heterocycles. The lowest BCUT2D eigenvalue weighted by Gasteiger charge is -2.22. The van der Waals surface area contributed by atoms with Crippen LogP contribution >= 0.6 is 12.4 Å². The van der Waals surface area contributed by atoms with Gasteiger partial charge in [0.2, 0.25) is 0 Å². The van der Waals surface area contributed by atoms with Gasteiger partial charge in [-0.3, -0.25) is 4.79 Å². The lowest BCUT2D eigenvalue weighted by Crippen LogP contribution is -2.25. The van der Waals surface area contributed by atoms with E-state index >= 15 is 0 Å². The molecule has 0 saturated heterocycles. The van der Waals surface area contributed by atoms with Crippen LogP contribution in [0.1, 0.15) is 17.7 Å². The van der Waals surface area contributed by atoms with E-state index in [0.717, 1.165) is 17.8 Å². The average Bonchev–Trinajstić information content (AvgIpc) is 2.89. The number of carbonyl (C=O) groups is 1. The molecule has 1 aliphatic heterocycles. The summed E-state index contributed by atoms with van der Waals surface area (Å²) in [6, 6.07) is 4.84. The smallest absolute Gasteiger partial charge is 0.416 e. The van der Waals surface area contributed by atoms with Crippen molar-refractivity contribution in [1.29, 1.82) is 0 Å². The van der Waals surface area contributed by atoms with Crippen molar-refractivity contribution < 1.29 is 23.1 Å². The maximum atomic E-state index is 12.6. The number of rotatable bonds is 2. The quantitative estimate of drug-likeness (QED) is 0.903. The number of hydrogen-bond donors (Lipinski definition) is 1. The number of aliphatic carboxylic acids is 1. The third-order valence-corrected chi connectivity index (χ3v) is 3.91. The molecule has 1 N–H and O–H groups in total. The summed E-state index contributed by atoms with van der Waals surface area (Å²) in [7, 11) is 0. The van der Waals surface area contributed by atoms with E-state index in [-0.39, 0.29) is 12.4 Å². The third kappa shape index (κ3) is 3.34. The van der Waals surface area contributed by atoms with E-state index in [4.69, 9.17) is 5.11 Å².